The third-order valence-electron chi connectivity index (χ3n) is 6.99. The molecule has 3 heterocycles. The van der Waals surface area contributed by atoms with Gasteiger partial charge in [-0.3, -0.25) is 9.80 Å². The van der Waals surface area contributed by atoms with Gasteiger partial charge < -0.3 is 15.5 Å². The van der Waals surface area contributed by atoms with Crippen LogP contribution in [0.15, 0.2) is 36.5 Å². The first-order chi connectivity index (χ1) is 16.9. The smallest absolute Gasteiger partial charge is 0.315 e. The Bertz CT molecular complexity index is 980. The van der Waals surface area contributed by atoms with E-state index >= 15 is 0 Å². The first-order valence-electron chi connectivity index (χ1n) is 12.6. The standard InChI is InChI=1S/C26H36Cl2N6O/c1-3-29-26(35)31-16-21-14-24(28)25(30-15-21)33-12-13-34(19(2)17-33)23-8-10-32(11-9-23)18-20-4-6-22(27)7-5-20/h4-7,14-15,19,23H,3,8-13,16-18H2,1-2H3,(H2,29,31,35)/t19-/m0/s1. The van der Waals surface area contributed by atoms with E-state index in [1.54, 1.807) is 6.20 Å². The van der Waals surface area contributed by atoms with Crippen LogP contribution in [0, 0.1) is 0 Å². The molecular formula is C26H36Cl2N6O. The van der Waals surface area contributed by atoms with Crippen LogP contribution in [-0.2, 0) is 13.1 Å². The number of amides is 2. The van der Waals surface area contributed by atoms with E-state index in [0.29, 0.717) is 30.2 Å². The van der Waals surface area contributed by atoms with Crippen LogP contribution in [0.25, 0.3) is 0 Å². The van der Waals surface area contributed by atoms with Crippen molar-refractivity contribution < 1.29 is 4.79 Å². The Morgan fingerprint density at radius 3 is 2.46 bits per heavy atom. The second-order valence-corrected chi connectivity index (χ2v) is 10.4. The molecule has 0 radical (unpaired) electrons. The second kappa shape index (κ2) is 12.3. The number of urea groups is 1. The van der Waals surface area contributed by atoms with Gasteiger partial charge in [0.05, 0.1) is 5.02 Å². The first kappa shape index (κ1) is 26.0. The molecule has 2 saturated heterocycles. The van der Waals surface area contributed by atoms with Gasteiger partial charge in [-0.1, -0.05) is 35.3 Å². The lowest BCUT2D eigenvalue weighted by molar-refractivity contribution is 0.0690. The highest BCUT2D eigenvalue weighted by Gasteiger charge is 2.32. The number of aromatic nitrogens is 1. The molecule has 4 rings (SSSR count). The van der Waals surface area contributed by atoms with Crippen molar-refractivity contribution in [3.05, 3.63) is 57.7 Å². The number of nitrogens with zero attached hydrogens (tertiary/aromatic N) is 4. The first-order valence-corrected chi connectivity index (χ1v) is 13.3. The zero-order chi connectivity index (χ0) is 24.8. The summed E-state index contributed by atoms with van der Waals surface area (Å²) in [5.41, 5.74) is 2.22. The van der Waals surface area contributed by atoms with Gasteiger partial charge in [-0.25, -0.2) is 9.78 Å². The fraction of sp³-hybridized carbons (Fsp3) is 0.538. The molecule has 2 N–H and O–H groups in total. The number of carbonyl (C=O) groups is 1. The van der Waals surface area contributed by atoms with Crippen molar-refractivity contribution in [1.29, 1.82) is 0 Å². The molecule has 0 spiro atoms. The Kier molecular flexibility index (Phi) is 9.11. The Hall–Kier alpha value is -2.06. The lowest BCUT2D eigenvalue weighted by atomic mass is 9.99. The van der Waals surface area contributed by atoms with Crippen LogP contribution in [0.4, 0.5) is 10.6 Å². The van der Waals surface area contributed by atoms with Gasteiger partial charge in [0.25, 0.3) is 0 Å². The summed E-state index contributed by atoms with van der Waals surface area (Å²) < 4.78 is 0. The maximum absolute atomic E-state index is 11.6. The van der Waals surface area contributed by atoms with Crippen molar-refractivity contribution in [1.82, 2.24) is 25.4 Å². The van der Waals surface area contributed by atoms with Gasteiger partial charge in [0.1, 0.15) is 5.82 Å². The normalized spacial score (nSPS) is 20.1. The Morgan fingerprint density at radius 1 is 1.06 bits per heavy atom. The van der Waals surface area contributed by atoms with Crippen molar-refractivity contribution in [3.8, 4) is 0 Å². The van der Waals surface area contributed by atoms with E-state index < -0.39 is 0 Å². The van der Waals surface area contributed by atoms with Gasteiger partial charge in [0.15, 0.2) is 0 Å². The van der Waals surface area contributed by atoms with Gasteiger partial charge in [-0.2, -0.15) is 0 Å². The summed E-state index contributed by atoms with van der Waals surface area (Å²) in [5.74, 6) is 0.831. The van der Waals surface area contributed by atoms with Gasteiger partial charge >= 0.3 is 6.03 Å². The number of piperazine rings is 1. The van der Waals surface area contributed by atoms with Crippen LogP contribution in [0.2, 0.25) is 10.0 Å². The van der Waals surface area contributed by atoms with Crippen molar-refractivity contribution in [2.24, 2.45) is 0 Å². The SMILES string of the molecule is CCNC(=O)NCc1cnc(N2CCN(C3CCN(Cc4ccc(Cl)cc4)CC3)[C@@H](C)C2)c(Cl)c1. The topological polar surface area (TPSA) is 63.7 Å². The molecule has 7 nitrogen and oxygen atoms in total. The number of anilines is 1. The number of nitrogens with one attached hydrogen (secondary N) is 2. The molecule has 2 aliphatic rings. The van der Waals surface area contributed by atoms with Crippen LogP contribution < -0.4 is 15.5 Å². The molecule has 35 heavy (non-hydrogen) atoms. The lowest BCUT2D eigenvalue weighted by Gasteiger charge is -2.47. The highest BCUT2D eigenvalue weighted by molar-refractivity contribution is 6.33. The molecule has 0 aliphatic carbocycles. The number of hydrogen-bond acceptors (Lipinski definition) is 5. The van der Waals surface area contributed by atoms with Crippen LogP contribution in [0.1, 0.15) is 37.8 Å². The molecule has 9 heteroatoms. The predicted molar refractivity (Wildman–Crippen MR) is 143 cm³/mol. The van der Waals surface area contributed by atoms with E-state index in [4.69, 9.17) is 23.2 Å². The Morgan fingerprint density at radius 2 is 1.80 bits per heavy atom. The number of likely N-dealkylation sites (tertiary alicyclic amines) is 1. The summed E-state index contributed by atoms with van der Waals surface area (Å²) in [7, 11) is 0. The van der Waals surface area contributed by atoms with Crippen LogP contribution >= 0.6 is 23.2 Å². The van der Waals surface area contributed by atoms with Crippen molar-refractivity contribution in [3.63, 3.8) is 0 Å². The molecule has 1 atom stereocenters. The average molecular weight is 520 g/mol. The summed E-state index contributed by atoms with van der Waals surface area (Å²) in [5, 5.41) is 6.97. The fourth-order valence-corrected chi connectivity index (χ4v) is 5.60. The minimum atomic E-state index is -0.187. The minimum Gasteiger partial charge on any atom is -0.353 e. The van der Waals surface area contributed by atoms with Crippen molar-refractivity contribution in [2.75, 3.05) is 44.2 Å². The van der Waals surface area contributed by atoms with E-state index in [0.717, 1.165) is 55.7 Å². The Labute approximate surface area is 218 Å². The molecule has 2 amide bonds. The molecule has 190 valence electrons. The van der Waals surface area contributed by atoms with E-state index in [1.165, 1.54) is 18.4 Å². The molecule has 2 fully saturated rings. The fourth-order valence-electron chi connectivity index (χ4n) is 5.17. The van der Waals surface area contributed by atoms with Crippen LogP contribution in [-0.4, -0.2) is 72.2 Å². The number of piperidine rings is 1. The second-order valence-electron chi connectivity index (χ2n) is 9.53. The molecular weight excluding hydrogens is 483 g/mol. The number of carbonyl (C=O) groups excluding carboxylic acids is 1. The number of benzene rings is 1. The summed E-state index contributed by atoms with van der Waals surface area (Å²) in [6, 6.07) is 11.0. The zero-order valence-corrected chi connectivity index (χ0v) is 22.2. The van der Waals surface area contributed by atoms with Gasteiger partial charge in [-0.05, 0) is 69.1 Å². The molecule has 0 saturated carbocycles. The maximum atomic E-state index is 11.6. The minimum absolute atomic E-state index is 0.187. The third kappa shape index (κ3) is 7.00. The van der Waals surface area contributed by atoms with Crippen molar-refractivity contribution in [2.45, 2.75) is 51.9 Å². The van der Waals surface area contributed by atoms with Gasteiger partial charge in [0.2, 0.25) is 0 Å². The Balaban J connectivity index is 1.26. The quantitative estimate of drug-likeness (QED) is 0.569. The summed E-state index contributed by atoms with van der Waals surface area (Å²) >= 11 is 12.6. The number of hydrogen-bond donors (Lipinski definition) is 2. The number of rotatable bonds is 7. The van der Waals surface area contributed by atoms with Gasteiger partial charge in [0, 0.05) is 62.6 Å². The average Bonchev–Trinajstić information content (AvgIpc) is 2.85. The monoisotopic (exact) mass is 518 g/mol. The maximum Gasteiger partial charge on any atom is 0.315 e. The molecule has 0 unspecified atom stereocenters. The molecule has 2 aliphatic heterocycles. The highest BCUT2D eigenvalue weighted by Crippen LogP contribution is 2.29. The molecule has 2 aromatic rings. The van der Waals surface area contributed by atoms with E-state index in [2.05, 4.69) is 49.4 Å². The summed E-state index contributed by atoms with van der Waals surface area (Å²) in [4.78, 5) is 23.8. The van der Waals surface area contributed by atoms with Crippen LogP contribution in [0.3, 0.4) is 0 Å². The molecule has 1 aromatic heterocycles. The third-order valence-corrected chi connectivity index (χ3v) is 7.52. The van der Waals surface area contributed by atoms with Gasteiger partial charge in [-0.15, -0.1) is 0 Å². The number of pyridine rings is 1. The molecule has 0 bridgehead atoms. The van der Waals surface area contributed by atoms with Crippen LogP contribution in [0.5, 0.6) is 0 Å². The summed E-state index contributed by atoms with van der Waals surface area (Å²) in [6.45, 7) is 11.3. The largest absolute Gasteiger partial charge is 0.353 e. The molecule has 1 aromatic carbocycles. The zero-order valence-electron chi connectivity index (χ0n) is 20.6. The van der Waals surface area contributed by atoms with E-state index in [-0.39, 0.29) is 6.03 Å². The highest BCUT2D eigenvalue weighted by atomic mass is 35.5. The number of halogens is 2. The van der Waals surface area contributed by atoms with E-state index in [9.17, 15) is 4.79 Å². The van der Waals surface area contributed by atoms with Crippen molar-refractivity contribution >= 4 is 35.1 Å². The lowest BCUT2D eigenvalue weighted by Crippen LogP contribution is -2.57. The summed E-state index contributed by atoms with van der Waals surface area (Å²) in [6.07, 6.45) is 4.20. The predicted octanol–water partition coefficient (Wildman–Crippen LogP) is 4.38. The van der Waals surface area contributed by atoms with E-state index in [1.807, 2.05) is 25.1 Å².